The Labute approximate surface area is 178 Å². The fourth-order valence-electron chi connectivity index (χ4n) is 2.39. The van der Waals surface area contributed by atoms with E-state index in [1.807, 2.05) is 13.0 Å². The number of amides is 2. The molecule has 9 heteroatoms. The summed E-state index contributed by atoms with van der Waals surface area (Å²) in [7, 11) is 1.57. The smallest absolute Gasteiger partial charge is 0.281 e. The Bertz CT molecular complexity index is 1050. The van der Waals surface area contributed by atoms with Crippen LogP contribution in [-0.4, -0.2) is 25.5 Å². The highest BCUT2D eigenvalue weighted by Gasteiger charge is 2.18. The molecule has 0 unspecified atom stereocenters. The third-order valence-corrected chi connectivity index (χ3v) is 6.40. The van der Waals surface area contributed by atoms with Crippen molar-refractivity contribution in [2.24, 2.45) is 0 Å². The van der Waals surface area contributed by atoms with Crippen LogP contribution in [0.25, 0.3) is 10.1 Å². The van der Waals surface area contributed by atoms with Gasteiger partial charge in [0.15, 0.2) is 6.61 Å². The summed E-state index contributed by atoms with van der Waals surface area (Å²) >= 11 is 10.9. The molecule has 3 rings (SSSR count). The summed E-state index contributed by atoms with van der Waals surface area (Å²) in [6.45, 7) is 1.68. The zero-order chi connectivity index (χ0) is 20.3. The molecule has 2 N–H and O–H groups in total. The van der Waals surface area contributed by atoms with Gasteiger partial charge in [-0.1, -0.05) is 27.5 Å². The van der Waals surface area contributed by atoms with E-state index < -0.39 is 11.8 Å². The van der Waals surface area contributed by atoms with Crippen LogP contribution in [-0.2, 0) is 4.79 Å². The topological polar surface area (TPSA) is 76.7 Å². The molecule has 0 bridgehead atoms. The van der Waals surface area contributed by atoms with Crippen molar-refractivity contribution in [1.29, 1.82) is 0 Å². The average Bonchev–Trinajstić information content (AvgIpc) is 3.03. The summed E-state index contributed by atoms with van der Waals surface area (Å²) in [6.07, 6.45) is 0. The van der Waals surface area contributed by atoms with E-state index in [4.69, 9.17) is 21.1 Å². The van der Waals surface area contributed by atoms with Crippen molar-refractivity contribution < 1.29 is 19.1 Å². The molecule has 0 spiro atoms. The number of thiophene rings is 1. The molecule has 0 atom stereocenters. The van der Waals surface area contributed by atoms with Crippen LogP contribution in [0.1, 0.15) is 15.2 Å². The number of ether oxygens (including phenoxy) is 2. The molecule has 2 aromatic carbocycles. The normalized spacial score (nSPS) is 10.6. The molecule has 0 saturated carbocycles. The highest BCUT2D eigenvalue weighted by molar-refractivity contribution is 9.10. The largest absolute Gasteiger partial charge is 0.497 e. The van der Waals surface area contributed by atoms with Crippen LogP contribution in [0, 0.1) is 6.92 Å². The van der Waals surface area contributed by atoms with Crippen LogP contribution in [0.5, 0.6) is 11.5 Å². The Kier molecular flexibility index (Phi) is 6.43. The average molecular weight is 484 g/mol. The minimum Gasteiger partial charge on any atom is -0.497 e. The Hall–Kier alpha value is -2.29. The first kappa shape index (κ1) is 20.4. The maximum atomic E-state index is 12.4. The number of methoxy groups -OCH3 is 1. The predicted molar refractivity (Wildman–Crippen MR) is 113 cm³/mol. The third kappa shape index (κ3) is 4.57. The van der Waals surface area contributed by atoms with Gasteiger partial charge < -0.3 is 9.47 Å². The number of fused-ring (bicyclic) bond motifs is 1. The van der Waals surface area contributed by atoms with Gasteiger partial charge in [0.2, 0.25) is 0 Å². The number of benzene rings is 2. The molecular formula is C19H16BrClN2O4S. The van der Waals surface area contributed by atoms with Crippen LogP contribution in [0.3, 0.4) is 0 Å². The Balaban J connectivity index is 1.58. The molecule has 146 valence electrons. The molecule has 0 aliphatic heterocycles. The minimum atomic E-state index is -0.502. The first-order valence-corrected chi connectivity index (χ1v) is 10.1. The van der Waals surface area contributed by atoms with Crippen molar-refractivity contribution in [2.45, 2.75) is 6.92 Å². The number of carbonyl (C=O) groups is 2. The van der Waals surface area contributed by atoms with Gasteiger partial charge in [0.25, 0.3) is 11.8 Å². The van der Waals surface area contributed by atoms with E-state index in [1.54, 1.807) is 37.4 Å². The molecule has 2 amide bonds. The van der Waals surface area contributed by atoms with E-state index in [0.29, 0.717) is 21.4 Å². The number of hydrogen-bond donors (Lipinski definition) is 2. The molecule has 1 aromatic heterocycles. The lowest BCUT2D eigenvalue weighted by Crippen LogP contribution is -2.43. The van der Waals surface area contributed by atoms with E-state index in [2.05, 4.69) is 26.8 Å². The maximum absolute atomic E-state index is 12.4. The molecule has 28 heavy (non-hydrogen) atoms. The molecule has 0 fully saturated rings. The van der Waals surface area contributed by atoms with Crippen LogP contribution in [0.2, 0.25) is 5.02 Å². The first-order valence-electron chi connectivity index (χ1n) is 8.13. The summed E-state index contributed by atoms with van der Waals surface area (Å²) in [5.41, 5.74) is 5.66. The Morgan fingerprint density at radius 3 is 2.61 bits per heavy atom. The lowest BCUT2D eigenvalue weighted by molar-refractivity contribution is -0.123. The molecule has 0 saturated heterocycles. The molecule has 0 aliphatic rings. The summed E-state index contributed by atoms with van der Waals surface area (Å²) in [5.74, 6) is 0.237. The van der Waals surface area contributed by atoms with Gasteiger partial charge in [-0.15, -0.1) is 11.3 Å². The van der Waals surface area contributed by atoms with E-state index in [0.717, 1.165) is 20.1 Å². The molecule has 0 radical (unpaired) electrons. The molecule has 3 aromatic rings. The van der Waals surface area contributed by atoms with Crippen LogP contribution >= 0.6 is 38.9 Å². The fourth-order valence-corrected chi connectivity index (χ4v) is 4.08. The van der Waals surface area contributed by atoms with Gasteiger partial charge in [0.05, 0.1) is 12.1 Å². The summed E-state index contributed by atoms with van der Waals surface area (Å²) in [5, 5.41) is 1.08. The van der Waals surface area contributed by atoms with E-state index >= 15 is 0 Å². The van der Waals surface area contributed by atoms with Crippen molar-refractivity contribution in [3.05, 3.63) is 56.3 Å². The van der Waals surface area contributed by atoms with Crippen molar-refractivity contribution in [1.82, 2.24) is 10.9 Å². The van der Waals surface area contributed by atoms with Gasteiger partial charge in [-0.05, 0) is 48.9 Å². The first-order chi connectivity index (χ1) is 13.4. The van der Waals surface area contributed by atoms with E-state index in [9.17, 15) is 9.59 Å². The van der Waals surface area contributed by atoms with Crippen LogP contribution < -0.4 is 20.3 Å². The Morgan fingerprint density at radius 1 is 1.14 bits per heavy atom. The highest BCUT2D eigenvalue weighted by atomic mass is 79.9. The standard InChI is InChI=1S/C19H16BrClN2O4S/c1-10-7-12(4-6-14(10)20)27-9-16(24)22-23-19(25)18-17(21)13-5-3-11(26-2)8-15(13)28-18/h3-8H,9H2,1-2H3,(H,22,24)(H,23,25). The Morgan fingerprint density at radius 2 is 1.89 bits per heavy atom. The van der Waals surface area contributed by atoms with Crippen molar-refractivity contribution >= 4 is 60.8 Å². The highest BCUT2D eigenvalue weighted by Crippen LogP contribution is 2.37. The van der Waals surface area contributed by atoms with E-state index in [1.165, 1.54) is 11.3 Å². The number of hydrazine groups is 1. The zero-order valence-electron chi connectivity index (χ0n) is 15.0. The summed E-state index contributed by atoms with van der Waals surface area (Å²) in [4.78, 5) is 24.6. The summed E-state index contributed by atoms with van der Waals surface area (Å²) < 4.78 is 12.4. The third-order valence-electron chi connectivity index (χ3n) is 3.86. The fraction of sp³-hybridized carbons (Fsp3) is 0.158. The van der Waals surface area contributed by atoms with Gasteiger partial charge >= 0.3 is 0 Å². The SMILES string of the molecule is COc1ccc2c(Cl)c(C(=O)NNC(=O)COc3ccc(Br)c(C)c3)sc2c1. The monoisotopic (exact) mass is 482 g/mol. The van der Waals surface area contributed by atoms with Gasteiger partial charge in [-0.25, -0.2) is 0 Å². The molecule has 1 heterocycles. The second-order valence-corrected chi connectivity index (χ2v) is 8.09. The minimum absolute atomic E-state index is 0.237. The predicted octanol–water partition coefficient (Wildman–Crippen LogP) is 4.47. The van der Waals surface area contributed by atoms with E-state index in [-0.39, 0.29) is 6.61 Å². The second kappa shape index (κ2) is 8.81. The van der Waals surface area contributed by atoms with Crippen LogP contribution in [0.4, 0.5) is 0 Å². The number of hydrogen-bond acceptors (Lipinski definition) is 5. The lowest BCUT2D eigenvalue weighted by atomic mass is 10.2. The maximum Gasteiger partial charge on any atom is 0.281 e. The molecule has 6 nitrogen and oxygen atoms in total. The van der Waals surface area contributed by atoms with Gasteiger partial charge in [-0.3, -0.25) is 20.4 Å². The number of rotatable bonds is 5. The van der Waals surface area contributed by atoms with Crippen molar-refractivity contribution in [3.63, 3.8) is 0 Å². The molecule has 0 aliphatic carbocycles. The second-order valence-electron chi connectivity index (χ2n) is 5.81. The molecular weight excluding hydrogens is 468 g/mol. The van der Waals surface area contributed by atoms with Crippen molar-refractivity contribution in [3.8, 4) is 11.5 Å². The van der Waals surface area contributed by atoms with Gasteiger partial charge in [-0.2, -0.15) is 0 Å². The summed E-state index contributed by atoms with van der Waals surface area (Å²) in [6, 6.07) is 10.7. The quantitative estimate of drug-likeness (QED) is 0.525. The van der Waals surface area contributed by atoms with Gasteiger partial charge in [0.1, 0.15) is 16.4 Å². The number of aryl methyl sites for hydroxylation is 1. The van der Waals surface area contributed by atoms with Crippen molar-refractivity contribution in [2.75, 3.05) is 13.7 Å². The number of halogens is 2. The van der Waals surface area contributed by atoms with Crippen LogP contribution in [0.15, 0.2) is 40.9 Å². The zero-order valence-corrected chi connectivity index (χ0v) is 18.1. The number of nitrogens with one attached hydrogen (secondary N) is 2. The van der Waals surface area contributed by atoms with Gasteiger partial charge in [0, 0.05) is 14.6 Å². The number of carbonyl (C=O) groups excluding carboxylic acids is 2. The lowest BCUT2D eigenvalue weighted by Gasteiger charge is -2.09.